The Morgan fingerprint density at radius 3 is 3.00 bits per heavy atom. The van der Waals surface area contributed by atoms with Gasteiger partial charge in [-0.05, 0) is 25.0 Å². The summed E-state index contributed by atoms with van der Waals surface area (Å²) < 4.78 is 0. The Morgan fingerprint density at radius 2 is 2.30 bits per heavy atom. The van der Waals surface area contributed by atoms with Crippen LogP contribution < -0.4 is 10.6 Å². The third kappa shape index (κ3) is 3.67. The number of carbonyl (C=O) groups excluding carboxylic acids is 2. The second-order valence-electron chi connectivity index (χ2n) is 4.37. The highest BCUT2D eigenvalue weighted by molar-refractivity contribution is 7.11. The molecule has 3 N–H and O–H groups in total. The van der Waals surface area contributed by atoms with Crippen molar-refractivity contribution in [1.82, 2.24) is 10.6 Å². The molecule has 2 amide bonds. The van der Waals surface area contributed by atoms with Crippen LogP contribution in [-0.4, -0.2) is 35.5 Å². The molecule has 0 saturated carbocycles. The van der Waals surface area contributed by atoms with Crippen molar-refractivity contribution in [3.8, 4) is 0 Å². The van der Waals surface area contributed by atoms with E-state index in [1.807, 2.05) is 0 Å². The van der Waals surface area contributed by atoms with E-state index in [9.17, 15) is 14.4 Å². The number of thiophene rings is 1. The standard InChI is InChI=1S/C13H14N2O4S/c16-11(17)4-3-9-6-8(7-20-9)12(18)15-10-2-1-5-14-13(10)19/h3-4,6-7,10H,1-2,5H2,(H,14,19)(H,15,18)(H,16,17). The van der Waals surface area contributed by atoms with Crippen LogP contribution >= 0.6 is 11.3 Å². The Kier molecular flexibility index (Phi) is 4.52. The van der Waals surface area contributed by atoms with Crippen molar-refractivity contribution in [2.45, 2.75) is 18.9 Å². The largest absolute Gasteiger partial charge is 0.478 e. The smallest absolute Gasteiger partial charge is 0.328 e. The lowest BCUT2D eigenvalue weighted by Crippen LogP contribution is -2.50. The number of aliphatic carboxylic acids is 1. The number of hydrogen-bond donors (Lipinski definition) is 3. The normalized spacial score (nSPS) is 18.8. The zero-order valence-corrected chi connectivity index (χ0v) is 11.4. The summed E-state index contributed by atoms with van der Waals surface area (Å²) in [6.45, 7) is 0.647. The minimum Gasteiger partial charge on any atom is -0.478 e. The van der Waals surface area contributed by atoms with Gasteiger partial charge in [-0.3, -0.25) is 9.59 Å². The van der Waals surface area contributed by atoms with E-state index in [-0.39, 0.29) is 11.8 Å². The van der Waals surface area contributed by atoms with Gasteiger partial charge in [0.1, 0.15) is 6.04 Å². The lowest BCUT2D eigenvalue weighted by atomic mass is 10.1. The summed E-state index contributed by atoms with van der Waals surface area (Å²) in [4.78, 5) is 34.6. The molecule has 1 saturated heterocycles. The molecule has 2 rings (SSSR count). The summed E-state index contributed by atoms with van der Waals surface area (Å²) in [5, 5.41) is 15.5. The molecule has 0 aromatic carbocycles. The lowest BCUT2D eigenvalue weighted by Gasteiger charge is -2.22. The van der Waals surface area contributed by atoms with Crippen LogP contribution in [0, 0.1) is 0 Å². The van der Waals surface area contributed by atoms with Gasteiger partial charge in [-0.25, -0.2) is 4.79 Å². The molecule has 0 aliphatic carbocycles. The number of carboxylic acids is 1. The second-order valence-corrected chi connectivity index (χ2v) is 5.31. The highest BCUT2D eigenvalue weighted by Gasteiger charge is 2.24. The zero-order valence-electron chi connectivity index (χ0n) is 10.6. The summed E-state index contributed by atoms with van der Waals surface area (Å²) >= 11 is 1.27. The minimum atomic E-state index is -1.04. The van der Waals surface area contributed by atoms with E-state index in [1.165, 1.54) is 17.4 Å². The van der Waals surface area contributed by atoms with Gasteiger partial charge in [-0.2, -0.15) is 0 Å². The fourth-order valence-corrected chi connectivity index (χ4v) is 2.64. The molecule has 1 aliphatic heterocycles. The van der Waals surface area contributed by atoms with Gasteiger partial charge in [0.2, 0.25) is 5.91 Å². The quantitative estimate of drug-likeness (QED) is 0.718. The summed E-state index contributed by atoms with van der Waals surface area (Å²) in [5.74, 6) is -1.52. The van der Waals surface area contributed by atoms with Gasteiger partial charge < -0.3 is 15.7 Å². The molecule has 1 fully saturated rings. The average molecular weight is 294 g/mol. The van der Waals surface area contributed by atoms with Crippen molar-refractivity contribution in [2.75, 3.05) is 6.54 Å². The summed E-state index contributed by atoms with van der Waals surface area (Å²) in [6, 6.07) is 1.11. The SMILES string of the molecule is O=C(O)C=Cc1cc(C(=O)NC2CCCNC2=O)cs1. The maximum Gasteiger partial charge on any atom is 0.328 e. The minimum absolute atomic E-state index is 0.161. The van der Waals surface area contributed by atoms with Crippen LogP contribution in [0.25, 0.3) is 6.08 Å². The highest BCUT2D eigenvalue weighted by atomic mass is 32.1. The Hall–Kier alpha value is -2.15. The fourth-order valence-electron chi connectivity index (χ4n) is 1.86. The zero-order chi connectivity index (χ0) is 14.5. The Balaban J connectivity index is 1.99. The molecule has 6 nitrogen and oxygen atoms in total. The number of hydrogen-bond acceptors (Lipinski definition) is 4. The van der Waals surface area contributed by atoms with Gasteiger partial charge in [-0.15, -0.1) is 11.3 Å². The maximum absolute atomic E-state index is 12.0. The van der Waals surface area contributed by atoms with E-state index < -0.39 is 12.0 Å². The first kappa shape index (κ1) is 14.3. The van der Waals surface area contributed by atoms with Gasteiger partial charge in [-0.1, -0.05) is 0 Å². The van der Waals surface area contributed by atoms with Crippen molar-refractivity contribution in [3.05, 3.63) is 28.0 Å². The van der Waals surface area contributed by atoms with E-state index in [4.69, 9.17) is 5.11 Å². The second kappa shape index (κ2) is 6.33. The van der Waals surface area contributed by atoms with Gasteiger partial charge >= 0.3 is 5.97 Å². The summed E-state index contributed by atoms with van der Waals surface area (Å²) in [5.41, 5.74) is 0.429. The monoisotopic (exact) mass is 294 g/mol. The molecule has 1 aromatic heterocycles. The van der Waals surface area contributed by atoms with Gasteiger partial charge in [0.15, 0.2) is 0 Å². The summed E-state index contributed by atoms with van der Waals surface area (Å²) in [6.07, 6.45) is 3.92. The third-order valence-corrected chi connectivity index (χ3v) is 3.76. The van der Waals surface area contributed by atoms with Crippen molar-refractivity contribution in [1.29, 1.82) is 0 Å². The van der Waals surface area contributed by atoms with Gasteiger partial charge in [0.25, 0.3) is 5.91 Å². The van der Waals surface area contributed by atoms with Crippen molar-refractivity contribution in [2.24, 2.45) is 0 Å². The van der Waals surface area contributed by atoms with Crippen molar-refractivity contribution < 1.29 is 19.5 Å². The van der Waals surface area contributed by atoms with Gasteiger partial charge in [0, 0.05) is 22.9 Å². The molecular weight excluding hydrogens is 280 g/mol. The fraction of sp³-hybridized carbons (Fsp3) is 0.308. The molecule has 1 aliphatic rings. The number of rotatable bonds is 4. The lowest BCUT2D eigenvalue weighted by molar-refractivity contribution is -0.131. The first-order chi connectivity index (χ1) is 9.56. The predicted molar refractivity (Wildman–Crippen MR) is 74.5 cm³/mol. The first-order valence-corrected chi connectivity index (χ1v) is 7.02. The number of piperidine rings is 1. The molecule has 0 spiro atoms. The van der Waals surface area contributed by atoms with E-state index in [1.54, 1.807) is 11.4 Å². The molecular formula is C13H14N2O4S. The van der Waals surface area contributed by atoms with Gasteiger partial charge in [0.05, 0.1) is 5.56 Å². The van der Waals surface area contributed by atoms with E-state index in [0.29, 0.717) is 23.4 Å². The van der Waals surface area contributed by atoms with Crippen LogP contribution in [0.3, 0.4) is 0 Å². The summed E-state index contributed by atoms with van der Waals surface area (Å²) in [7, 11) is 0. The van der Waals surface area contributed by atoms with Crippen LogP contribution in [0.2, 0.25) is 0 Å². The van der Waals surface area contributed by atoms with Crippen LogP contribution in [0.15, 0.2) is 17.5 Å². The number of carbonyl (C=O) groups is 3. The third-order valence-electron chi connectivity index (χ3n) is 2.86. The van der Waals surface area contributed by atoms with Crippen molar-refractivity contribution >= 4 is 35.2 Å². The van der Waals surface area contributed by atoms with Crippen molar-refractivity contribution in [3.63, 3.8) is 0 Å². The Labute approximate surface area is 119 Å². The Bertz CT molecular complexity index is 564. The topological polar surface area (TPSA) is 95.5 Å². The molecule has 7 heteroatoms. The van der Waals surface area contributed by atoms with E-state index in [2.05, 4.69) is 10.6 Å². The van der Waals surface area contributed by atoms with Crippen LogP contribution in [-0.2, 0) is 9.59 Å². The maximum atomic E-state index is 12.0. The highest BCUT2D eigenvalue weighted by Crippen LogP contribution is 2.17. The van der Waals surface area contributed by atoms with Crippen LogP contribution in [0.5, 0.6) is 0 Å². The van der Waals surface area contributed by atoms with E-state index >= 15 is 0 Å². The Morgan fingerprint density at radius 1 is 1.50 bits per heavy atom. The van der Waals surface area contributed by atoms with Crippen LogP contribution in [0.4, 0.5) is 0 Å². The number of amides is 2. The first-order valence-electron chi connectivity index (χ1n) is 6.14. The predicted octanol–water partition coefficient (Wildman–Crippen LogP) is 0.854. The molecule has 1 aromatic rings. The number of carboxylic acid groups (broad SMARTS) is 1. The number of nitrogens with one attached hydrogen (secondary N) is 2. The average Bonchev–Trinajstić information content (AvgIpc) is 2.88. The molecule has 106 valence electrons. The molecule has 0 bridgehead atoms. The molecule has 1 unspecified atom stereocenters. The molecule has 2 heterocycles. The van der Waals surface area contributed by atoms with E-state index in [0.717, 1.165) is 12.5 Å². The molecule has 20 heavy (non-hydrogen) atoms. The molecule has 0 radical (unpaired) electrons. The molecule has 1 atom stereocenters. The van der Waals surface area contributed by atoms with Crippen LogP contribution in [0.1, 0.15) is 28.1 Å².